The lowest BCUT2D eigenvalue weighted by molar-refractivity contribution is -0.158. The van der Waals surface area contributed by atoms with Gasteiger partial charge in [-0.1, -0.05) is 13.8 Å². The molecule has 0 radical (unpaired) electrons. The van der Waals surface area contributed by atoms with Crippen molar-refractivity contribution in [3.8, 4) is 0 Å². The molecule has 0 aromatic carbocycles. The Kier molecular flexibility index (Phi) is 2.27. The van der Waals surface area contributed by atoms with Gasteiger partial charge in [-0.15, -0.1) is 0 Å². The number of ether oxygens (including phenoxy) is 1. The second-order valence-electron chi connectivity index (χ2n) is 3.21. The van der Waals surface area contributed by atoms with E-state index in [1.54, 1.807) is 0 Å². The van der Waals surface area contributed by atoms with E-state index >= 15 is 0 Å². The Balaban J connectivity index is 2.66. The number of carbonyl (C=O) groups excluding carboxylic acids is 2. The Morgan fingerprint density at radius 1 is 1.09 bits per heavy atom. The molecular weight excluding hydrogens is 144 g/mol. The van der Waals surface area contributed by atoms with Crippen molar-refractivity contribution in [2.75, 3.05) is 0 Å². The zero-order chi connectivity index (χ0) is 8.43. The first-order chi connectivity index (χ1) is 5.09. The standard InChI is InChI=1S/C8H12O3/c1-5-3-7(9)11-8(10)4-6(5)2/h5-6H,3-4H2,1-2H3. The average Bonchev–Trinajstić information content (AvgIpc) is 1.93. The maximum absolute atomic E-state index is 10.8. The summed E-state index contributed by atoms with van der Waals surface area (Å²) in [4.78, 5) is 21.6. The summed E-state index contributed by atoms with van der Waals surface area (Å²) in [6, 6.07) is 0. The molecule has 0 amide bonds. The number of carbonyl (C=O) groups is 2. The van der Waals surface area contributed by atoms with Gasteiger partial charge in [0.05, 0.1) is 0 Å². The van der Waals surface area contributed by atoms with Gasteiger partial charge in [-0.2, -0.15) is 0 Å². The Morgan fingerprint density at radius 2 is 1.45 bits per heavy atom. The van der Waals surface area contributed by atoms with Gasteiger partial charge in [0, 0.05) is 12.8 Å². The summed E-state index contributed by atoms with van der Waals surface area (Å²) in [5, 5.41) is 0. The largest absolute Gasteiger partial charge is 0.393 e. The van der Waals surface area contributed by atoms with Crippen LogP contribution >= 0.6 is 0 Å². The molecule has 1 aliphatic heterocycles. The summed E-state index contributed by atoms with van der Waals surface area (Å²) in [6.07, 6.45) is 0.736. The minimum atomic E-state index is -0.383. The van der Waals surface area contributed by atoms with Crippen molar-refractivity contribution in [3.63, 3.8) is 0 Å². The molecule has 2 atom stereocenters. The third kappa shape index (κ3) is 2.03. The van der Waals surface area contributed by atoms with Gasteiger partial charge in [0.15, 0.2) is 0 Å². The SMILES string of the molecule is CC1CC(=O)OC(=O)CC1C. The van der Waals surface area contributed by atoms with Crippen molar-refractivity contribution in [2.24, 2.45) is 11.8 Å². The van der Waals surface area contributed by atoms with E-state index in [0.717, 1.165) is 0 Å². The number of cyclic esters (lactones) is 2. The van der Waals surface area contributed by atoms with E-state index in [2.05, 4.69) is 4.74 Å². The van der Waals surface area contributed by atoms with E-state index in [1.165, 1.54) is 0 Å². The molecule has 3 heteroatoms. The molecule has 1 saturated heterocycles. The molecule has 1 aliphatic rings. The number of rotatable bonds is 0. The summed E-state index contributed by atoms with van der Waals surface area (Å²) < 4.78 is 4.47. The van der Waals surface area contributed by atoms with Crippen LogP contribution in [-0.4, -0.2) is 11.9 Å². The Labute approximate surface area is 65.7 Å². The van der Waals surface area contributed by atoms with Crippen LogP contribution in [-0.2, 0) is 14.3 Å². The molecule has 1 fully saturated rings. The maximum Gasteiger partial charge on any atom is 0.313 e. The predicted octanol–water partition coefficient (Wildman–Crippen LogP) is 1.12. The van der Waals surface area contributed by atoms with Crippen molar-refractivity contribution in [1.82, 2.24) is 0 Å². The molecule has 3 nitrogen and oxygen atoms in total. The predicted molar refractivity (Wildman–Crippen MR) is 38.7 cm³/mol. The van der Waals surface area contributed by atoms with Gasteiger partial charge in [0.25, 0.3) is 0 Å². The minimum absolute atomic E-state index is 0.258. The molecule has 0 bridgehead atoms. The van der Waals surface area contributed by atoms with Crippen LogP contribution in [0, 0.1) is 11.8 Å². The summed E-state index contributed by atoms with van der Waals surface area (Å²) in [7, 11) is 0. The fraction of sp³-hybridized carbons (Fsp3) is 0.750. The molecule has 2 unspecified atom stereocenters. The van der Waals surface area contributed by atoms with Crippen LogP contribution in [0.15, 0.2) is 0 Å². The Hall–Kier alpha value is -0.860. The van der Waals surface area contributed by atoms with Crippen LogP contribution in [0.2, 0.25) is 0 Å². The summed E-state index contributed by atoms with van der Waals surface area (Å²) in [6.45, 7) is 3.93. The normalized spacial score (nSPS) is 32.9. The maximum atomic E-state index is 10.8. The molecule has 0 aliphatic carbocycles. The topological polar surface area (TPSA) is 43.4 Å². The number of hydrogen-bond acceptors (Lipinski definition) is 3. The van der Waals surface area contributed by atoms with Gasteiger partial charge in [0.1, 0.15) is 0 Å². The van der Waals surface area contributed by atoms with E-state index in [0.29, 0.717) is 12.8 Å². The fourth-order valence-electron chi connectivity index (χ4n) is 1.14. The zero-order valence-electron chi connectivity index (χ0n) is 6.79. The Morgan fingerprint density at radius 3 is 1.82 bits per heavy atom. The first-order valence-corrected chi connectivity index (χ1v) is 3.83. The molecular formula is C8H12O3. The minimum Gasteiger partial charge on any atom is -0.393 e. The Bertz CT molecular complexity index is 166. The molecule has 0 spiro atoms. The van der Waals surface area contributed by atoms with Gasteiger partial charge in [0.2, 0.25) is 0 Å². The van der Waals surface area contributed by atoms with E-state index in [-0.39, 0.29) is 23.8 Å². The zero-order valence-corrected chi connectivity index (χ0v) is 6.79. The van der Waals surface area contributed by atoms with Gasteiger partial charge >= 0.3 is 11.9 Å². The lowest BCUT2D eigenvalue weighted by atomic mass is 9.91. The molecule has 0 saturated carbocycles. The van der Waals surface area contributed by atoms with E-state index < -0.39 is 0 Å². The molecule has 1 rings (SSSR count). The third-order valence-electron chi connectivity index (χ3n) is 2.18. The molecule has 1 heterocycles. The lowest BCUT2D eigenvalue weighted by Crippen LogP contribution is -2.08. The van der Waals surface area contributed by atoms with Gasteiger partial charge in [-0.25, -0.2) is 0 Å². The van der Waals surface area contributed by atoms with Crippen LogP contribution in [0.4, 0.5) is 0 Å². The van der Waals surface area contributed by atoms with E-state index in [4.69, 9.17) is 0 Å². The number of esters is 2. The molecule has 0 N–H and O–H groups in total. The van der Waals surface area contributed by atoms with Crippen LogP contribution in [0.5, 0.6) is 0 Å². The first-order valence-electron chi connectivity index (χ1n) is 3.83. The molecule has 0 aromatic rings. The number of hydrogen-bond donors (Lipinski definition) is 0. The molecule has 62 valence electrons. The van der Waals surface area contributed by atoms with Crippen LogP contribution < -0.4 is 0 Å². The highest BCUT2D eigenvalue weighted by atomic mass is 16.6. The molecule has 0 aromatic heterocycles. The highest BCUT2D eigenvalue weighted by Crippen LogP contribution is 2.22. The van der Waals surface area contributed by atoms with Crippen molar-refractivity contribution >= 4 is 11.9 Å². The quantitative estimate of drug-likeness (QED) is 0.390. The smallest absolute Gasteiger partial charge is 0.313 e. The second-order valence-corrected chi connectivity index (χ2v) is 3.21. The molecule has 11 heavy (non-hydrogen) atoms. The highest BCUT2D eigenvalue weighted by Gasteiger charge is 2.26. The van der Waals surface area contributed by atoms with Crippen molar-refractivity contribution in [1.29, 1.82) is 0 Å². The second kappa shape index (κ2) is 3.03. The van der Waals surface area contributed by atoms with Crippen molar-refractivity contribution in [2.45, 2.75) is 26.7 Å². The van der Waals surface area contributed by atoms with Gasteiger partial charge < -0.3 is 4.74 Å². The van der Waals surface area contributed by atoms with E-state index in [9.17, 15) is 9.59 Å². The monoisotopic (exact) mass is 156 g/mol. The highest BCUT2D eigenvalue weighted by molar-refractivity contribution is 5.86. The fourth-order valence-corrected chi connectivity index (χ4v) is 1.14. The van der Waals surface area contributed by atoms with Crippen LogP contribution in [0.25, 0.3) is 0 Å². The van der Waals surface area contributed by atoms with Gasteiger partial charge in [-0.05, 0) is 11.8 Å². The lowest BCUT2D eigenvalue weighted by Gasteiger charge is -2.11. The summed E-state index contributed by atoms with van der Waals surface area (Å²) in [5.41, 5.74) is 0. The van der Waals surface area contributed by atoms with Crippen LogP contribution in [0.1, 0.15) is 26.7 Å². The van der Waals surface area contributed by atoms with Crippen molar-refractivity contribution in [3.05, 3.63) is 0 Å². The summed E-state index contributed by atoms with van der Waals surface area (Å²) >= 11 is 0. The van der Waals surface area contributed by atoms with Gasteiger partial charge in [-0.3, -0.25) is 9.59 Å². The van der Waals surface area contributed by atoms with Crippen molar-refractivity contribution < 1.29 is 14.3 Å². The first kappa shape index (κ1) is 8.24. The van der Waals surface area contributed by atoms with E-state index in [1.807, 2.05) is 13.8 Å². The summed E-state index contributed by atoms with van der Waals surface area (Å²) in [5.74, 6) is -0.249. The average molecular weight is 156 g/mol. The third-order valence-corrected chi connectivity index (χ3v) is 2.18. The van der Waals surface area contributed by atoms with Crippen LogP contribution in [0.3, 0.4) is 0 Å².